The predicted octanol–water partition coefficient (Wildman–Crippen LogP) is 2.52. The van der Waals surface area contributed by atoms with E-state index in [2.05, 4.69) is 0 Å². The summed E-state index contributed by atoms with van der Waals surface area (Å²) in [6, 6.07) is 18.1. The summed E-state index contributed by atoms with van der Waals surface area (Å²) in [6.07, 6.45) is -0.914. The van der Waals surface area contributed by atoms with Gasteiger partial charge in [0.2, 0.25) is 0 Å². The maximum atomic E-state index is 12.5. The van der Waals surface area contributed by atoms with Crippen LogP contribution in [0.3, 0.4) is 0 Å². The quantitative estimate of drug-likeness (QED) is 0.610. The number of epoxide rings is 1. The molecule has 6 heteroatoms. The first-order valence-corrected chi connectivity index (χ1v) is 8.56. The van der Waals surface area contributed by atoms with Gasteiger partial charge in [-0.3, -0.25) is 4.90 Å². The lowest BCUT2D eigenvalue weighted by Crippen LogP contribution is -2.45. The summed E-state index contributed by atoms with van der Waals surface area (Å²) in [5, 5.41) is 0. The van der Waals surface area contributed by atoms with Gasteiger partial charge < -0.3 is 14.2 Å². The zero-order chi connectivity index (χ0) is 17.9. The van der Waals surface area contributed by atoms with E-state index in [1.165, 1.54) is 4.90 Å². The van der Waals surface area contributed by atoms with Crippen molar-refractivity contribution in [3.63, 3.8) is 0 Å². The Morgan fingerprint density at radius 1 is 0.923 bits per heavy atom. The summed E-state index contributed by atoms with van der Waals surface area (Å²) in [6.45, 7) is 0.683. The Bertz CT molecular complexity index is 779. The normalized spacial score (nSPS) is 23.2. The van der Waals surface area contributed by atoms with Crippen molar-refractivity contribution < 1.29 is 23.8 Å². The van der Waals surface area contributed by atoms with E-state index in [0.717, 1.165) is 11.1 Å². The Balaban J connectivity index is 1.35. The molecule has 0 spiro atoms. The molecule has 6 nitrogen and oxygen atoms in total. The Morgan fingerprint density at radius 3 is 2.12 bits per heavy atom. The van der Waals surface area contributed by atoms with Crippen LogP contribution in [0, 0.1) is 0 Å². The summed E-state index contributed by atoms with van der Waals surface area (Å²) in [5.41, 5.74) is 1.79. The molecule has 2 aromatic carbocycles. The third-order valence-electron chi connectivity index (χ3n) is 4.55. The van der Waals surface area contributed by atoms with Crippen molar-refractivity contribution in [3.8, 4) is 0 Å². The number of ether oxygens (including phenoxy) is 3. The van der Waals surface area contributed by atoms with E-state index in [1.54, 1.807) is 0 Å². The van der Waals surface area contributed by atoms with E-state index in [0.29, 0.717) is 6.54 Å². The summed E-state index contributed by atoms with van der Waals surface area (Å²) in [7, 11) is 0. The number of hydrogen-bond donors (Lipinski definition) is 0. The minimum Gasteiger partial charge on any atom is -0.459 e. The first kappa shape index (κ1) is 16.6. The number of esters is 1. The first-order chi connectivity index (χ1) is 12.7. The molecule has 0 N–H and O–H groups in total. The van der Waals surface area contributed by atoms with Crippen LogP contribution in [0.25, 0.3) is 0 Å². The molecule has 26 heavy (non-hydrogen) atoms. The van der Waals surface area contributed by atoms with Crippen LogP contribution in [0.2, 0.25) is 0 Å². The summed E-state index contributed by atoms with van der Waals surface area (Å²) in [5.74, 6) is -0.462. The van der Waals surface area contributed by atoms with Gasteiger partial charge in [-0.25, -0.2) is 9.59 Å². The maximum absolute atomic E-state index is 12.5. The number of fused-ring (bicyclic) bond motifs is 1. The molecule has 2 aliphatic heterocycles. The number of amides is 1. The monoisotopic (exact) mass is 353 g/mol. The molecule has 2 fully saturated rings. The molecular formula is C20H19NO5. The second-order valence-electron chi connectivity index (χ2n) is 6.37. The molecule has 2 saturated heterocycles. The fraction of sp³-hybridized carbons (Fsp3) is 0.300. The standard InChI is InChI=1S/C20H19NO5/c22-19(24-12-14-7-3-1-4-8-14)17-18-16(26-18)11-21(17)20(23)25-13-15-9-5-2-6-10-15/h1-10,16-18H,11-13H2/t16?,17-,18+/m0/s1. The molecule has 2 aromatic rings. The number of rotatable bonds is 5. The number of morpholine rings is 1. The van der Waals surface area contributed by atoms with E-state index >= 15 is 0 Å². The van der Waals surface area contributed by atoms with Gasteiger partial charge in [0.1, 0.15) is 25.4 Å². The Kier molecular flexibility index (Phi) is 4.58. The van der Waals surface area contributed by atoms with Crippen LogP contribution in [-0.4, -0.2) is 41.8 Å². The van der Waals surface area contributed by atoms with Gasteiger partial charge in [-0.1, -0.05) is 60.7 Å². The molecule has 0 aliphatic carbocycles. The van der Waals surface area contributed by atoms with Crippen LogP contribution < -0.4 is 0 Å². The molecule has 0 aromatic heterocycles. The SMILES string of the molecule is O=C(OCc1ccccc1)[C@@H]1[C@@H]2OC2CN1C(=O)OCc1ccccc1. The minimum absolute atomic E-state index is 0.103. The van der Waals surface area contributed by atoms with Gasteiger partial charge in [-0.15, -0.1) is 0 Å². The fourth-order valence-corrected chi connectivity index (χ4v) is 3.13. The molecular weight excluding hydrogens is 334 g/mol. The van der Waals surface area contributed by atoms with Crippen LogP contribution in [0.4, 0.5) is 4.79 Å². The summed E-state index contributed by atoms with van der Waals surface area (Å²) in [4.78, 5) is 26.3. The van der Waals surface area contributed by atoms with Gasteiger partial charge in [0.25, 0.3) is 0 Å². The topological polar surface area (TPSA) is 68.4 Å². The number of hydrogen-bond acceptors (Lipinski definition) is 5. The van der Waals surface area contributed by atoms with Crippen LogP contribution >= 0.6 is 0 Å². The van der Waals surface area contributed by atoms with E-state index in [4.69, 9.17) is 14.2 Å². The molecule has 134 valence electrons. The van der Waals surface area contributed by atoms with Crippen molar-refractivity contribution in [2.24, 2.45) is 0 Å². The van der Waals surface area contributed by atoms with Crippen molar-refractivity contribution in [1.29, 1.82) is 0 Å². The van der Waals surface area contributed by atoms with Crippen molar-refractivity contribution >= 4 is 12.1 Å². The zero-order valence-corrected chi connectivity index (χ0v) is 14.1. The van der Waals surface area contributed by atoms with E-state index < -0.39 is 18.1 Å². The summed E-state index contributed by atoms with van der Waals surface area (Å²) < 4.78 is 16.2. The highest BCUT2D eigenvalue weighted by Gasteiger charge is 2.60. The molecule has 0 saturated carbocycles. The highest BCUT2D eigenvalue weighted by atomic mass is 16.6. The lowest BCUT2D eigenvalue weighted by Gasteiger charge is -2.24. The van der Waals surface area contributed by atoms with Gasteiger partial charge in [0, 0.05) is 0 Å². The number of benzene rings is 2. The largest absolute Gasteiger partial charge is 0.459 e. The lowest BCUT2D eigenvalue weighted by molar-refractivity contribution is -0.151. The molecule has 2 aliphatic rings. The first-order valence-electron chi connectivity index (χ1n) is 8.56. The minimum atomic E-state index is -0.744. The number of carbonyl (C=O) groups excluding carboxylic acids is 2. The van der Waals surface area contributed by atoms with Crippen LogP contribution in [0.5, 0.6) is 0 Å². The Labute approximate surface area is 151 Å². The molecule has 4 rings (SSSR count). The van der Waals surface area contributed by atoms with Gasteiger partial charge >= 0.3 is 12.1 Å². The molecule has 0 radical (unpaired) electrons. The van der Waals surface area contributed by atoms with Crippen LogP contribution in [0.1, 0.15) is 11.1 Å². The Morgan fingerprint density at radius 2 is 1.50 bits per heavy atom. The maximum Gasteiger partial charge on any atom is 0.411 e. The van der Waals surface area contributed by atoms with Crippen LogP contribution in [-0.2, 0) is 32.2 Å². The molecule has 3 atom stereocenters. The van der Waals surface area contributed by atoms with Crippen LogP contribution in [0.15, 0.2) is 60.7 Å². The Hall–Kier alpha value is -2.86. The van der Waals surface area contributed by atoms with Crippen molar-refractivity contribution in [3.05, 3.63) is 71.8 Å². The van der Waals surface area contributed by atoms with Gasteiger partial charge in [-0.2, -0.15) is 0 Å². The highest BCUT2D eigenvalue weighted by molar-refractivity contribution is 5.84. The number of nitrogens with zero attached hydrogens (tertiary/aromatic N) is 1. The summed E-state index contributed by atoms with van der Waals surface area (Å²) >= 11 is 0. The van der Waals surface area contributed by atoms with Gasteiger partial charge in [0.15, 0.2) is 6.04 Å². The highest BCUT2D eigenvalue weighted by Crippen LogP contribution is 2.37. The zero-order valence-electron chi connectivity index (χ0n) is 14.1. The average Bonchev–Trinajstić information content (AvgIpc) is 3.35. The molecule has 1 amide bonds. The van der Waals surface area contributed by atoms with E-state index in [1.807, 2.05) is 60.7 Å². The molecule has 0 bridgehead atoms. The smallest absolute Gasteiger partial charge is 0.411 e. The second kappa shape index (κ2) is 7.17. The van der Waals surface area contributed by atoms with E-state index in [-0.39, 0.29) is 25.4 Å². The molecule has 2 heterocycles. The third kappa shape index (κ3) is 3.55. The predicted molar refractivity (Wildman–Crippen MR) is 92.0 cm³/mol. The number of likely N-dealkylation sites (tertiary alicyclic amines) is 1. The third-order valence-corrected chi connectivity index (χ3v) is 4.55. The van der Waals surface area contributed by atoms with Crippen molar-refractivity contribution in [2.75, 3.05) is 6.54 Å². The molecule has 1 unspecified atom stereocenters. The van der Waals surface area contributed by atoms with Crippen molar-refractivity contribution in [1.82, 2.24) is 4.90 Å². The number of carbonyl (C=O) groups is 2. The lowest BCUT2D eigenvalue weighted by atomic mass is 10.2. The average molecular weight is 353 g/mol. The second-order valence-corrected chi connectivity index (χ2v) is 6.37. The van der Waals surface area contributed by atoms with Crippen molar-refractivity contribution in [2.45, 2.75) is 31.5 Å². The van der Waals surface area contributed by atoms with Gasteiger partial charge in [0.05, 0.1) is 6.54 Å². The fourth-order valence-electron chi connectivity index (χ4n) is 3.13. The van der Waals surface area contributed by atoms with Gasteiger partial charge in [-0.05, 0) is 11.1 Å². The van der Waals surface area contributed by atoms with E-state index in [9.17, 15) is 9.59 Å².